The molecule has 0 aromatic rings. The van der Waals surface area contributed by atoms with E-state index in [4.69, 9.17) is 5.73 Å². The van der Waals surface area contributed by atoms with E-state index in [1.54, 1.807) is 0 Å². The summed E-state index contributed by atoms with van der Waals surface area (Å²) in [6, 6.07) is -15.0. The summed E-state index contributed by atoms with van der Waals surface area (Å²) in [5.74, 6) is -8.54. The van der Waals surface area contributed by atoms with Gasteiger partial charge in [0.15, 0.2) is 0 Å². The Labute approximate surface area is 563 Å². The van der Waals surface area contributed by atoms with Crippen LogP contribution < -0.4 is 64.2 Å². The molecule has 37 heteroatoms. The first-order valence-electron chi connectivity index (χ1n) is 27.1. The molecular weight excluding hydrogens is 1340 g/mol. The van der Waals surface area contributed by atoms with Crippen LogP contribution in [-0.4, -0.2) is 218 Å². The number of amides is 11. The molecule has 25 nitrogen and oxygen atoms in total. The molecule has 0 saturated carbocycles. The molecule has 14 N–H and O–H groups in total. The number of hydrogen-bond donors (Lipinski definition) is 25. The molecule has 0 aliphatic heterocycles. The number of thiol groups is 12. The first kappa shape index (κ1) is 82.8. The van der Waals surface area contributed by atoms with Gasteiger partial charge in [0, 0.05) is 0 Å². The largest absolute Gasteiger partial charge is 0.480 e. The molecule has 0 radical (unpaired) electrons. The van der Waals surface area contributed by atoms with Gasteiger partial charge in [-0.2, -0.15) is 152 Å². The van der Waals surface area contributed by atoms with Gasteiger partial charge in [-0.25, -0.2) is 4.79 Å². The lowest BCUT2D eigenvalue weighted by Gasteiger charge is -2.28. The van der Waals surface area contributed by atoms with Crippen molar-refractivity contribution in [2.75, 3.05) is 69.0 Å². The average Bonchev–Trinajstić information content (AvgIpc) is 3.47. The number of nitrogens with two attached hydrogens (primary N) is 1. The van der Waals surface area contributed by atoms with Crippen LogP contribution in [0.25, 0.3) is 0 Å². The number of carbonyl (C=O) groups is 12. The number of rotatable bonds is 47. The molecule has 0 fully saturated rings. The van der Waals surface area contributed by atoms with Crippen molar-refractivity contribution >= 4 is 222 Å². The van der Waals surface area contributed by atoms with Crippen molar-refractivity contribution < 1.29 is 62.6 Å². The lowest BCUT2D eigenvalue weighted by molar-refractivity contribution is -0.142. The standard InChI is InChI=1S/C48H86N12O13S12/c49-25(1-13-74)37(61)50-26(2-14-75)38(62)51-27(3-15-76)39(63)52-28(4-16-77)40(64)53-29(5-17-78)41(65)54-30(6-18-79)42(66)55-31(7-19-80)43(67)56-32(8-20-81)44(68)57-33(9-21-82)45(69)58-34(10-22-83)46(70)59-35(11-23-84)47(71)60-36(12-24-85)48(72)73/h25-36,74-85H,1-24,49H2,(H,50,61)(H,51,62)(H,52,63)(H,53,64)(H,54,65)(H,55,66)(H,56,67)(H,57,68)(H,58,69)(H,59,70)(H,60,71)(H,72,73)/t25-,26-,27-,28-,29-,30-,31-,32-,33-,34-,35-,36-/m0/s1. The van der Waals surface area contributed by atoms with Crippen LogP contribution in [0.15, 0.2) is 0 Å². The summed E-state index contributed by atoms with van der Waals surface area (Å²) in [6.45, 7) is 0. The zero-order valence-corrected chi connectivity index (χ0v) is 57.4. The van der Waals surface area contributed by atoms with E-state index in [1.807, 2.05) is 0 Å². The molecule has 488 valence electrons. The van der Waals surface area contributed by atoms with Crippen LogP contribution in [-0.2, 0) is 57.5 Å². The van der Waals surface area contributed by atoms with E-state index >= 15 is 0 Å². The number of aliphatic carboxylic acids is 1. The highest BCUT2D eigenvalue weighted by molar-refractivity contribution is 7.81. The van der Waals surface area contributed by atoms with Crippen molar-refractivity contribution in [2.45, 2.75) is 150 Å². The van der Waals surface area contributed by atoms with Gasteiger partial charge in [0.25, 0.3) is 0 Å². The Morgan fingerprint density at radius 3 is 0.471 bits per heavy atom. The Balaban J connectivity index is 6.35. The van der Waals surface area contributed by atoms with E-state index in [0.717, 1.165) is 0 Å². The van der Waals surface area contributed by atoms with Crippen molar-refractivity contribution in [1.82, 2.24) is 58.5 Å². The fourth-order valence-corrected chi connectivity index (χ4v) is 10.8. The molecule has 0 spiro atoms. The van der Waals surface area contributed by atoms with Crippen LogP contribution in [0.2, 0.25) is 0 Å². The van der Waals surface area contributed by atoms with Crippen molar-refractivity contribution in [2.24, 2.45) is 5.73 Å². The van der Waals surface area contributed by atoms with Crippen molar-refractivity contribution in [3.05, 3.63) is 0 Å². The normalized spacial score (nSPS) is 15.4. The topological polar surface area (TPSA) is 383 Å². The van der Waals surface area contributed by atoms with E-state index in [2.05, 4.69) is 210 Å². The predicted octanol–water partition coefficient (Wildman–Crippen LogP) is -2.43. The lowest BCUT2D eigenvalue weighted by Crippen LogP contribution is -2.61. The molecule has 0 aliphatic rings. The van der Waals surface area contributed by atoms with Gasteiger partial charge in [-0.3, -0.25) is 52.7 Å². The third-order valence-electron chi connectivity index (χ3n) is 12.3. The molecule has 0 aromatic heterocycles. The molecule has 0 aromatic carbocycles. The molecule has 85 heavy (non-hydrogen) atoms. The van der Waals surface area contributed by atoms with E-state index in [1.165, 1.54) is 0 Å². The van der Waals surface area contributed by atoms with Crippen LogP contribution in [0, 0.1) is 0 Å². The fourth-order valence-electron chi connectivity index (χ4n) is 7.64. The number of carboxylic acids is 1. The zero-order chi connectivity index (χ0) is 64.6. The van der Waals surface area contributed by atoms with E-state index in [-0.39, 0.29) is 140 Å². The number of nitrogens with one attached hydrogen (secondary N) is 11. The summed E-state index contributed by atoms with van der Waals surface area (Å²) < 4.78 is 0. The fraction of sp³-hybridized carbons (Fsp3) is 0.750. The van der Waals surface area contributed by atoms with Crippen LogP contribution in [0.5, 0.6) is 0 Å². The Hall–Kier alpha value is -2.20. The second-order valence-electron chi connectivity index (χ2n) is 18.8. The minimum absolute atomic E-state index is 0.00312. The van der Waals surface area contributed by atoms with Gasteiger partial charge >= 0.3 is 5.97 Å². The minimum atomic E-state index is -1.34. The summed E-state index contributed by atoms with van der Waals surface area (Å²) in [5.41, 5.74) is 5.90. The van der Waals surface area contributed by atoms with Crippen molar-refractivity contribution in [3.8, 4) is 0 Å². The van der Waals surface area contributed by atoms with Gasteiger partial charge in [0.2, 0.25) is 65.0 Å². The lowest BCUT2D eigenvalue weighted by atomic mass is 10.1. The molecule has 0 bridgehead atoms. The SMILES string of the molecule is N[C@@H](CCS)C(=O)N[C@@H](CCS)C(=O)N[C@@H](CCS)C(=O)N[C@@H](CCS)C(=O)N[C@@H](CCS)C(=O)N[C@@H](CCS)C(=O)N[C@@H](CCS)C(=O)N[C@@H](CCS)C(=O)N[C@@H](CCS)C(=O)N[C@@H](CCS)C(=O)N[C@@H](CCS)C(=O)N[C@@H](CCS)C(=O)O. The Kier molecular flexibility index (Phi) is 47.4. The van der Waals surface area contributed by atoms with Gasteiger partial charge in [0.05, 0.1) is 6.04 Å². The molecule has 0 heterocycles. The van der Waals surface area contributed by atoms with Crippen molar-refractivity contribution in [1.29, 1.82) is 0 Å². The summed E-state index contributed by atoms with van der Waals surface area (Å²) >= 11 is 50.4. The quantitative estimate of drug-likeness (QED) is 0.0282. The highest BCUT2D eigenvalue weighted by atomic mass is 32.1. The van der Waals surface area contributed by atoms with Gasteiger partial charge in [0.1, 0.15) is 66.5 Å². The Morgan fingerprint density at radius 2 is 0.341 bits per heavy atom. The maximum absolute atomic E-state index is 14.0. The number of carbonyl (C=O) groups excluding carboxylic acids is 11. The van der Waals surface area contributed by atoms with E-state index < -0.39 is 143 Å². The van der Waals surface area contributed by atoms with Gasteiger partial charge < -0.3 is 69.3 Å². The Morgan fingerprint density at radius 1 is 0.224 bits per heavy atom. The second kappa shape index (κ2) is 48.6. The molecule has 12 atom stereocenters. The number of hydrogen-bond acceptors (Lipinski definition) is 25. The van der Waals surface area contributed by atoms with Gasteiger partial charge in [-0.1, -0.05) is 0 Å². The third kappa shape index (κ3) is 32.9. The first-order chi connectivity index (χ1) is 40.4. The molecule has 11 amide bonds. The van der Waals surface area contributed by atoms with Crippen LogP contribution >= 0.6 is 152 Å². The van der Waals surface area contributed by atoms with Crippen LogP contribution in [0.3, 0.4) is 0 Å². The molecular formula is C48H86N12O13S12. The summed E-state index contributed by atoms with van der Waals surface area (Å²) in [5, 5.41) is 37.8. The zero-order valence-electron chi connectivity index (χ0n) is 46.7. The van der Waals surface area contributed by atoms with E-state index in [9.17, 15) is 62.6 Å². The summed E-state index contributed by atoms with van der Waals surface area (Å²) in [4.78, 5) is 162. The summed E-state index contributed by atoms with van der Waals surface area (Å²) in [6.07, 6.45) is -0.0123. The average molecular weight is 1420 g/mol. The highest BCUT2D eigenvalue weighted by Gasteiger charge is 2.36. The second-order valence-corrected chi connectivity index (χ2v) is 24.1. The maximum atomic E-state index is 14.0. The molecule has 0 saturated heterocycles. The van der Waals surface area contributed by atoms with Gasteiger partial charge in [-0.15, -0.1) is 0 Å². The third-order valence-corrected chi connectivity index (χ3v) is 15.4. The minimum Gasteiger partial charge on any atom is -0.480 e. The highest BCUT2D eigenvalue weighted by Crippen LogP contribution is 2.10. The van der Waals surface area contributed by atoms with E-state index in [0.29, 0.717) is 5.75 Å². The summed E-state index contributed by atoms with van der Waals surface area (Å²) in [7, 11) is 0. The smallest absolute Gasteiger partial charge is 0.326 e. The number of carboxylic acid groups (broad SMARTS) is 1. The molecule has 0 aliphatic carbocycles. The van der Waals surface area contributed by atoms with Crippen LogP contribution in [0.4, 0.5) is 0 Å². The Bertz CT molecular complexity index is 2140. The first-order valence-corrected chi connectivity index (χ1v) is 34.7. The maximum Gasteiger partial charge on any atom is 0.326 e. The predicted molar refractivity (Wildman–Crippen MR) is 368 cm³/mol. The van der Waals surface area contributed by atoms with Crippen LogP contribution in [0.1, 0.15) is 77.0 Å². The molecule has 0 rings (SSSR count). The van der Waals surface area contributed by atoms with Crippen molar-refractivity contribution in [3.63, 3.8) is 0 Å². The monoisotopic (exact) mass is 1420 g/mol. The van der Waals surface area contributed by atoms with Gasteiger partial charge in [-0.05, 0) is 146 Å². The molecule has 0 unspecified atom stereocenters.